The lowest BCUT2D eigenvalue weighted by atomic mass is 10.3. The maximum absolute atomic E-state index is 12.0. The smallest absolute Gasteiger partial charge is 0.230 e. The summed E-state index contributed by atoms with van der Waals surface area (Å²) in [6.07, 6.45) is 3.25. The van der Waals surface area contributed by atoms with E-state index in [0.29, 0.717) is 11.4 Å². The summed E-state index contributed by atoms with van der Waals surface area (Å²) in [5, 5.41) is 29.7. The second-order valence-corrected chi connectivity index (χ2v) is 7.51. The Labute approximate surface area is 181 Å². The average Bonchev–Trinajstić information content (AvgIpc) is 2.79. The highest BCUT2D eigenvalue weighted by Gasteiger charge is 2.16. The summed E-state index contributed by atoms with van der Waals surface area (Å²) in [4.78, 5) is 32.1. The van der Waals surface area contributed by atoms with Gasteiger partial charge in [-0.1, -0.05) is 46.0 Å². The van der Waals surface area contributed by atoms with Crippen molar-refractivity contribution in [1.29, 1.82) is 0 Å². The fraction of sp³-hybridized carbons (Fsp3) is 0.222. The summed E-state index contributed by atoms with van der Waals surface area (Å²) in [7, 11) is 0. The molecule has 2 heterocycles. The van der Waals surface area contributed by atoms with Gasteiger partial charge in [-0.2, -0.15) is 0 Å². The van der Waals surface area contributed by atoms with Crippen molar-refractivity contribution in [2.45, 2.75) is 13.1 Å². The van der Waals surface area contributed by atoms with E-state index in [4.69, 9.17) is 0 Å². The molecule has 4 N–H and O–H groups in total. The third kappa shape index (κ3) is 8.49. The molecule has 0 spiro atoms. The van der Waals surface area contributed by atoms with E-state index in [1.807, 2.05) is 12.1 Å². The highest BCUT2D eigenvalue weighted by Crippen LogP contribution is 2.15. The first-order valence-electron chi connectivity index (χ1n) is 8.65. The van der Waals surface area contributed by atoms with Crippen LogP contribution in [0.4, 0.5) is 0 Å². The molecule has 0 aromatic carbocycles. The molecule has 12 heteroatoms. The van der Waals surface area contributed by atoms with Crippen molar-refractivity contribution >= 4 is 45.4 Å². The van der Waals surface area contributed by atoms with E-state index in [2.05, 4.69) is 30.9 Å². The van der Waals surface area contributed by atoms with Crippen LogP contribution in [0.1, 0.15) is 11.4 Å². The molecular weight excluding hydrogens is 428 g/mol. The van der Waals surface area contributed by atoms with Crippen molar-refractivity contribution in [3.05, 3.63) is 60.2 Å². The van der Waals surface area contributed by atoms with Gasteiger partial charge >= 0.3 is 0 Å². The van der Waals surface area contributed by atoms with Crippen LogP contribution in [0.5, 0.6) is 0 Å². The minimum absolute atomic E-state index is 0.0717. The average molecular weight is 449 g/mol. The molecule has 0 saturated heterocycles. The molecule has 2 aromatic heterocycles. The van der Waals surface area contributed by atoms with Crippen LogP contribution < -0.4 is 10.6 Å². The molecule has 0 bridgehead atoms. The number of rotatable bonds is 8. The maximum atomic E-state index is 12.0. The molecule has 0 unspecified atom stereocenters. The van der Waals surface area contributed by atoms with Gasteiger partial charge in [0.15, 0.2) is 10.1 Å². The monoisotopic (exact) mass is 448 g/mol. The Balaban J connectivity index is 1.73. The largest absolute Gasteiger partial charge is 0.410 e. The Morgan fingerprint density at radius 2 is 1.23 bits per heavy atom. The van der Waals surface area contributed by atoms with Crippen LogP contribution in [0, 0.1) is 0 Å². The number of nitrogens with one attached hydrogen (secondary N) is 2. The number of oxime groups is 2. The Hall–Kier alpha value is -3.12. The van der Waals surface area contributed by atoms with Crippen LogP contribution in [-0.4, -0.2) is 53.8 Å². The van der Waals surface area contributed by atoms with Crippen LogP contribution in [0.15, 0.2) is 59.1 Å². The first-order chi connectivity index (χ1) is 14.6. The van der Waals surface area contributed by atoms with Crippen LogP contribution in [0.25, 0.3) is 0 Å². The summed E-state index contributed by atoms with van der Waals surface area (Å²) in [6, 6.07) is 10.7. The van der Waals surface area contributed by atoms with E-state index in [1.54, 1.807) is 36.7 Å². The molecule has 2 amide bonds. The highest BCUT2D eigenvalue weighted by atomic mass is 32.2. The number of carbonyl (C=O) groups excluding carboxylic acids is 2. The van der Waals surface area contributed by atoms with Gasteiger partial charge < -0.3 is 21.0 Å². The molecule has 0 saturated carbocycles. The lowest BCUT2D eigenvalue weighted by molar-refractivity contribution is -0.119. The number of hydrogen-bond acceptors (Lipinski definition) is 10. The van der Waals surface area contributed by atoms with E-state index in [1.165, 1.54) is 0 Å². The SMILES string of the molecule is O=C(CSC(=N\O)/C(=N/O)SCC(=O)NCc1ccccn1)NCc1ccccn1. The van der Waals surface area contributed by atoms with Gasteiger partial charge in [-0.15, -0.1) is 0 Å². The zero-order valence-electron chi connectivity index (χ0n) is 15.8. The predicted molar refractivity (Wildman–Crippen MR) is 116 cm³/mol. The number of aromatic nitrogens is 2. The first kappa shape index (κ1) is 23.2. The molecule has 30 heavy (non-hydrogen) atoms. The van der Waals surface area contributed by atoms with E-state index in [9.17, 15) is 20.0 Å². The summed E-state index contributed by atoms with van der Waals surface area (Å²) >= 11 is 1.75. The molecule has 2 rings (SSSR count). The molecule has 0 atom stereocenters. The minimum Gasteiger partial charge on any atom is -0.410 e. The third-order valence-electron chi connectivity index (χ3n) is 3.43. The zero-order valence-corrected chi connectivity index (χ0v) is 17.4. The number of pyridine rings is 2. The number of nitrogens with zero attached hydrogens (tertiary/aromatic N) is 4. The Morgan fingerprint density at radius 3 is 1.57 bits per heavy atom. The molecular formula is C18H20N6O4S2. The van der Waals surface area contributed by atoms with Crippen LogP contribution in [0.2, 0.25) is 0 Å². The molecule has 0 fully saturated rings. The summed E-state index contributed by atoms with van der Waals surface area (Å²) in [5.41, 5.74) is 1.41. The van der Waals surface area contributed by atoms with Crippen molar-refractivity contribution in [1.82, 2.24) is 20.6 Å². The van der Waals surface area contributed by atoms with E-state index in [0.717, 1.165) is 23.5 Å². The van der Waals surface area contributed by atoms with Gasteiger partial charge in [0.25, 0.3) is 0 Å². The van der Waals surface area contributed by atoms with Crippen molar-refractivity contribution in [2.24, 2.45) is 10.3 Å². The molecule has 0 aliphatic rings. The van der Waals surface area contributed by atoms with Crippen LogP contribution in [0.3, 0.4) is 0 Å². The fourth-order valence-corrected chi connectivity index (χ4v) is 3.56. The normalized spacial score (nSPS) is 11.7. The summed E-state index contributed by atoms with van der Waals surface area (Å²) in [5.74, 6) is -0.778. The molecule has 158 valence electrons. The molecule has 0 radical (unpaired) electrons. The minimum atomic E-state index is -0.317. The first-order valence-corrected chi connectivity index (χ1v) is 10.6. The lowest BCUT2D eigenvalue weighted by Gasteiger charge is -2.08. The van der Waals surface area contributed by atoms with Gasteiger partial charge in [0.05, 0.1) is 36.0 Å². The second-order valence-electron chi connectivity index (χ2n) is 5.58. The van der Waals surface area contributed by atoms with E-state index >= 15 is 0 Å². The summed E-state index contributed by atoms with van der Waals surface area (Å²) < 4.78 is 0. The van der Waals surface area contributed by atoms with Gasteiger partial charge in [0, 0.05) is 12.4 Å². The number of amides is 2. The van der Waals surface area contributed by atoms with Crippen LogP contribution in [-0.2, 0) is 22.7 Å². The molecule has 10 nitrogen and oxygen atoms in total. The van der Waals surface area contributed by atoms with Crippen molar-refractivity contribution in [2.75, 3.05) is 11.5 Å². The highest BCUT2D eigenvalue weighted by molar-refractivity contribution is 8.25. The van der Waals surface area contributed by atoms with Crippen molar-refractivity contribution in [3.8, 4) is 0 Å². The van der Waals surface area contributed by atoms with Crippen LogP contribution >= 0.6 is 23.5 Å². The van der Waals surface area contributed by atoms with Gasteiger partial charge in [0.1, 0.15) is 0 Å². The number of carbonyl (C=O) groups is 2. The summed E-state index contributed by atoms with van der Waals surface area (Å²) in [6.45, 7) is 0.524. The number of thioether (sulfide) groups is 2. The molecule has 2 aromatic rings. The van der Waals surface area contributed by atoms with Gasteiger partial charge in [-0.3, -0.25) is 19.6 Å². The fourth-order valence-electron chi connectivity index (χ4n) is 2.02. The maximum Gasteiger partial charge on any atom is 0.230 e. The Bertz CT molecular complexity index is 807. The quantitative estimate of drug-likeness (QED) is 0.205. The van der Waals surface area contributed by atoms with Crippen molar-refractivity contribution in [3.63, 3.8) is 0 Å². The molecule has 0 aliphatic heterocycles. The zero-order chi connectivity index (χ0) is 21.6. The van der Waals surface area contributed by atoms with Gasteiger partial charge in [-0.05, 0) is 24.3 Å². The standard InChI is InChI=1S/C18H20N6O4S2/c25-15(21-9-13-5-1-3-7-19-13)11-29-17(23-27)18(24-28)30-12-16(26)22-10-14-6-2-4-8-20-14/h1-8,27-28H,9-12H2,(H,21,25)(H,22,26)/b23-17-,24-18-. The van der Waals surface area contributed by atoms with E-state index < -0.39 is 0 Å². The lowest BCUT2D eigenvalue weighted by Crippen LogP contribution is -2.27. The second kappa shape index (κ2) is 13.2. The number of hydrogen-bond donors (Lipinski definition) is 4. The van der Waals surface area contributed by atoms with Gasteiger partial charge in [0.2, 0.25) is 11.8 Å². The van der Waals surface area contributed by atoms with E-state index in [-0.39, 0.29) is 46.5 Å². The predicted octanol–water partition coefficient (Wildman–Crippen LogP) is 1.45. The molecule has 0 aliphatic carbocycles. The Kier molecular flexibility index (Phi) is 10.2. The third-order valence-corrected chi connectivity index (χ3v) is 5.47. The van der Waals surface area contributed by atoms with Crippen molar-refractivity contribution < 1.29 is 20.0 Å². The van der Waals surface area contributed by atoms with Gasteiger partial charge in [-0.25, -0.2) is 0 Å². The topological polar surface area (TPSA) is 149 Å². The Morgan fingerprint density at radius 1 is 0.800 bits per heavy atom.